The van der Waals surface area contributed by atoms with Gasteiger partial charge in [-0.2, -0.15) is 0 Å². The van der Waals surface area contributed by atoms with Crippen molar-refractivity contribution in [2.75, 3.05) is 26.6 Å². The average Bonchev–Trinajstić information content (AvgIpc) is 3.38. The summed E-state index contributed by atoms with van der Waals surface area (Å²) in [7, 11) is 4.80. The molecule has 0 spiro atoms. The van der Waals surface area contributed by atoms with Crippen LogP contribution in [0.4, 0.5) is 5.82 Å². The fourth-order valence-electron chi connectivity index (χ4n) is 2.84. The first-order valence-electron chi connectivity index (χ1n) is 8.71. The van der Waals surface area contributed by atoms with Crippen LogP contribution in [0, 0.1) is 0 Å². The van der Waals surface area contributed by atoms with Crippen LogP contribution >= 0.6 is 11.3 Å². The molecule has 0 atom stereocenters. The fourth-order valence-corrected chi connectivity index (χ4v) is 3.63. The molecular formula is C20H21N3O3S. The third kappa shape index (κ3) is 3.68. The summed E-state index contributed by atoms with van der Waals surface area (Å²) in [6, 6.07) is 6.35. The minimum Gasteiger partial charge on any atom is -0.493 e. The molecule has 1 aliphatic rings. The van der Waals surface area contributed by atoms with E-state index in [0.29, 0.717) is 29.1 Å². The predicted octanol–water partition coefficient (Wildman–Crippen LogP) is 4.46. The maximum Gasteiger partial charge on any atom is 0.203 e. The molecule has 0 amide bonds. The summed E-state index contributed by atoms with van der Waals surface area (Å²) >= 11 is 1.66. The lowest BCUT2D eigenvalue weighted by Crippen LogP contribution is -2.04. The van der Waals surface area contributed by atoms with Gasteiger partial charge in [-0.1, -0.05) is 6.08 Å². The smallest absolute Gasteiger partial charge is 0.203 e. The van der Waals surface area contributed by atoms with Gasteiger partial charge < -0.3 is 19.5 Å². The number of nitrogens with zero attached hydrogens (tertiary/aromatic N) is 2. The monoisotopic (exact) mass is 383 g/mol. The van der Waals surface area contributed by atoms with Crippen molar-refractivity contribution in [2.45, 2.75) is 18.9 Å². The van der Waals surface area contributed by atoms with Crippen LogP contribution in [-0.4, -0.2) is 37.3 Å². The van der Waals surface area contributed by atoms with Crippen molar-refractivity contribution in [3.8, 4) is 17.2 Å². The zero-order valence-corrected chi connectivity index (χ0v) is 16.3. The van der Waals surface area contributed by atoms with Crippen molar-refractivity contribution in [3.05, 3.63) is 35.0 Å². The lowest BCUT2D eigenvalue weighted by Gasteiger charge is -2.12. The number of benzene rings is 1. The summed E-state index contributed by atoms with van der Waals surface area (Å²) in [4.78, 5) is 9.34. The van der Waals surface area contributed by atoms with Crippen LogP contribution in [0.15, 0.2) is 23.6 Å². The third-order valence-corrected chi connectivity index (χ3v) is 5.26. The van der Waals surface area contributed by atoms with Crippen LogP contribution < -0.4 is 19.5 Å². The Hall–Kier alpha value is -2.80. The predicted molar refractivity (Wildman–Crippen MR) is 109 cm³/mol. The molecule has 4 rings (SSSR count). The fraction of sp³-hybridized carbons (Fsp3) is 0.300. The van der Waals surface area contributed by atoms with Gasteiger partial charge in [0.2, 0.25) is 5.75 Å². The number of aromatic nitrogens is 2. The topological polar surface area (TPSA) is 65.5 Å². The number of fused-ring (bicyclic) bond motifs is 1. The van der Waals surface area contributed by atoms with Gasteiger partial charge in [-0.05, 0) is 48.1 Å². The molecule has 1 fully saturated rings. The number of anilines is 1. The molecule has 1 aliphatic carbocycles. The molecule has 3 aromatic rings. The lowest BCUT2D eigenvalue weighted by atomic mass is 10.1. The largest absolute Gasteiger partial charge is 0.493 e. The van der Waals surface area contributed by atoms with Crippen LogP contribution in [0.1, 0.15) is 24.2 Å². The Morgan fingerprint density at radius 3 is 2.41 bits per heavy atom. The second kappa shape index (κ2) is 7.44. The highest BCUT2D eigenvalue weighted by Crippen LogP contribution is 2.38. The molecule has 1 N–H and O–H groups in total. The molecule has 2 aromatic heterocycles. The first-order chi connectivity index (χ1) is 13.2. The van der Waals surface area contributed by atoms with Crippen LogP contribution in [0.2, 0.25) is 0 Å². The van der Waals surface area contributed by atoms with Crippen LogP contribution in [0.5, 0.6) is 17.2 Å². The molecule has 0 radical (unpaired) electrons. The van der Waals surface area contributed by atoms with Crippen molar-refractivity contribution in [1.82, 2.24) is 9.97 Å². The van der Waals surface area contributed by atoms with E-state index in [1.165, 1.54) is 12.8 Å². The SMILES string of the molecule is COc1cc(/C=C/c2nc(NC3CC3)c3sccc3n2)cc(OC)c1OC. The van der Waals surface area contributed by atoms with E-state index >= 15 is 0 Å². The summed E-state index contributed by atoms with van der Waals surface area (Å²) in [5, 5.41) is 5.55. The zero-order chi connectivity index (χ0) is 18.8. The maximum absolute atomic E-state index is 5.41. The third-order valence-electron chi connectivity index (χ3n) is 4.35. The van der Waals surface area contributed by atoms with E-state index in [2.05, 4.69) is 10.3 Å². The number of ether oxygens (including phenoxy) is 3. The van der Waals surface area contributed by atoms with Crippen LogP contribution in [-0.2, 0) is 0 Å². The first-order valence-corrected chi connectivity index (χ1v) is 9.59. The molecule has 1 aromatic carbocycles. The lowest BCUT2D eigenvalue weighted by molar-refractivity contribution is 0.324. The highest BCUT2D eigenvalue weighted by atomic mass is 32.1. The molecule has 0 bridgehead atoms. The van der Waals surface area contributed by atoms with Gasteiger partial charge in [0, 0.05) is 6.04 Å². The summed E-state index contributed by atoms with van der Waals surface area (Å²) < 4.78 is 17.3. The van der Waals surface area contributed by atoms with Gasteiger partial charge >= 0.3 is 0 Å². The Bertz CT molecular complexity index is 970. The van der Waals surface area contributed by atoms with Crippen molar-refractivity contribution in [1.29, 1.82) is 0 Å². The van der Waals surface area contributed by atoms with Gasteiger partial charge in [0.05, 0.1) is 31.5 Å². The van der Waals surface area contributed by atoms with Crippen LogP contribution in [0.25, 0.3) is 22.4 Å². The van der Waals surface area contributed by atoms with Gasteiger partial charge in [-0.15, -0.1) is 11.3 Å². The Labute approximate surface area is 161 Å². The number of thiophene rings is 1. The van der Waals surface area contributed by atoms with E-state index in [4.69, 9.17) is 19.2 Å². The van der Waals surface area contributed by atoms with E-state index in [9.17, 15) is 0 Å². The van der Waals surface area contributed by atoms with Gasteiger partial charge in [0.1, 0.15) is 5.82 Å². The van der Waals surface area contributed by atoms with Gasteiger partial charge in [-0.3, -0.25) is 0 Å². The molecular weight excluding hydrogens is 362 g/mol. The Balaban J connectivity index is 1.68. The maximum atomic E-state index is 5.41. The summed E-state index contributed by atoms with van der Waals surface area (Å²) in [6.45, 7) is 0. The standard InChI is InChI=1S/C20H21N3O3S/c1-24-15-10-12(11-16(25-2)18(15)26-3)4-7-17-22-14-8-9-27-19(14)20(23-17)21-13-5-6-13/h4,7-11,13H,5-6H2,1-3H3,(H,21,22,23)/b7-4+. The van der Waals surface area contributed by atoms with E-state index in [1.54, 1.807) is 32.7 Å². The van der Waals surface area contributed by atoms with E-state index in [-0.39, 0.29) is 0 Å². The van der Waals surface area contributed by atoms with Crippen molar-refractivity contribution in [2.24, 2.45) is 0 Å². The second-order valence-corrected chi connectivity index (χ2v) is 7.19. The Morgan fingerprint density at radius 2 is 1.78 bits per heavy atom. The quantitative estimate of drug-likeness (QED) is 0.650. The van der Waals surface area contributed by atoms with Gasteiger partial charge in [0.25, 0.3) is 0 Å². The zero-order valence-electron chi connectivity index (χ0n) is 15.5. The number of methoxy groups -OCH3 is 3. The molecule has 0 saturated heterocycles. The number of hydrogen-bond donors (Lipinski definition) is 1. The molecule has 6 nitrogen and oxygen atoms in total. The van der Waals surface area contributed by atoms with E-state index in [1.807, 2.05) is 35.7 Å². The van der Waals surface area contributed by atoms with Crippen LogP contribution in [0.3, 0.4) is 0 Å². The van der Waals surface area contributed by atoms with Crippen molar-refractivity contribution < 1.29 is 14.2 Å². The summed E-state index contributed by atoms with van der Waals surface area (Å²) in [5.41, 5.74) is 1.87. The number of rotatable bonds is 7. The second-order valence-electron chi connectivity index (χ2n) is 6.28. The molecule has 1 saturated carbocycles. The minimum absolute atomic E-state index is 0.539. The van der Waals surface area contributed by atoms with E-state index in [0.717, 1.165) is 21.6 Å². The molecule has 27 heavy (non-hydrogen) atoms. The minimum atomic E-state index is 0.539. The summed E-state index contributed by atoms with van der Waals surface area (Å²) in [6.07, 6.45) is 6.25. The highest BCUT2D eigenvalue weighted by molar-refractivity contribution is 7.17. The van der Waals surface area contributed by atoms with Gasteiger partial charge in [-0.25, -0.2) is 9.97 Å². The molecule has 0 unspecified atom stereocenters. The van der Waals surface area contributed by atoms with Crippen molar-refractivity contribution in [3.63, 3.8) is 0 Å². The Morgan fingerprint density at radius 1 is 1.04 bits per heavy atom. The Kier molecular flexibility index (Phi) is 4.85. The highest BCUT2D eigenvalue weighted by Gasteiger charge is 2.23. The van der Waals surface area contributed by atoms with E-state index < -0.39 is 0 Å². The summed E-state index contributed by atoms with van der Waals surface area (Å²) in [5.74, 6) is 3.38. The molecule has 2 heterocycles. The number of nitrogens with one attached hydrogen (secondary N) is 1. The molecule has 7 heteroatoms. The first kappa shape index (κ1) is 17.6. The molecule has 0 aliphatic heterocycles. The van der Waals surface area contributed by atoms with Crippen molar-refractivity contribution >= 4 is 39.5 Å². The normalized spacial score (nSPS) is 13.9. The molecule has 140 valence electrons. The number of hydrogen-bond acceptors (Lipinski definition) is 7. The average molecular weight is 383 g/mol. The van der Waals surface area contributed by atoms with Gasteiger partial charge in [0.15, 0.2) is 17.3 Å².